The van der Waals surface area contributed by atoms with Crippen LogP contribution in [0, 0.1) is 0 Å². The highest BCUT2D eigenvalue weighted by molar-refractivity contribution is 5.77. The smallest absolute Gasteiger partial charge is 0.0701 e. The number of rotatable bonds is 0. The Morgan fingerprint density at radius 1 is 0.850 bits per heavy atom. The second-order valence-electron chi connectivity index (χ2n) is 4.61. The number of para-hydroxylation sites is 1. The van der Waals surface area contributed by atoms with Crippen LogP contribution in [0.2, 0.25) is 0 Å². The summed E-state index contributed by atoms with van der Waals surface area (Å²) >= 11 is 0. The number of pyridine rings is 1. The van der Waals surface area contributed by atoms with Crippen molar-refractivity contribution in [1.82, 2.24) is 10.3 Å². The molecule has 0 fully saturated rings. The van der Waals surface area contributed by atoms with E-state index in [-0.39, 0.29) is 0 Å². The molecule has 0 atom stereocenters. The van der Waals surface area contributed by atoms with E-state index in [0.717, 1.165) is 12.1 Å². The fraction of sp³-hybridized carbons (Fsp3) is 0.0556. The second-order valence-corrected chi connectivity index (χ2v) is 4.61. The van der Waals surface area contributed by atoms with Crippen molar-refractivity contribution in [3.05, 3.63) is 84.2 Å². The molecule has 0 spiro atoms. The summed E-state index contributed by atoms with van der Waals surface area (Å²) in [4.78, 5) is 4.18. The lowest BCUT2D eigenvalue weighted by molar-refractivity contribution is 0.859. The lowest BCUT2D eigenvalue weighted by Gasteiger charge is -2.10. The summed E-state index contributed by atoms with van der Waals surface area (Å²) in [5.41, 5.74) is 3.77. The Morgan fingerprint density at radius 3 is 2.55 bits per heavy atom. The third-order valence-corrected chi connectivity index (χ3v) is 3.24. The zero-order valence-electron chi connectivity index (χ0n) is 11.2. The van der Waals surface area contributed by atoms with Crippen LogP contribution in [-0.4, -0.2) is 4.98 Å². The number of nitrogens with one attached hydrogen (secondary N) is 1. The van der Waals surface area contributed by atoms with Crippen LogP contribution in [-0.2, 0) is 6.54 Å². The predicted molar refractivity (Wildman–Crippen MR) is 84.1 cm³/mol. The summed E-state index contributed by atoms with van der Waals surface area (Å²) in [6.45, 7) is 0.965. The van der Waals surface area contributed by atoms with Gasteiger partial charge in [-0.05, 0) is 35.5 Å². The Morgan fingerprint density at radius 2 is 1.65 bits per heavy atom. The van der Waals surface area contributed by atoms with Crippen molar-refractivity contribution in [3.8, 4) is 0 Å². The van der Waals surface area contributed by atoms with Gasteiger partial charge >= 0.3 is 0 Å². The average Bonchev–Trinajstić information content (AvgIpc) is 2.56. The van der Waals surface area contributed by atoms with E-state index in [0.29, 0.717) is 0 Å². The summed E-state index contributed by atoms with van der Waals surface area (Å²) in [5.74, 6) is 0. The Kier molecular flexibility index (Phi) is 3.74. The number of hydrogen-bond donors (Lipinski definition) is 1. The van der Waals surface area contributed by atoms with E-state index in [1.807, 2.05) is 36.7 Å². The molecule has 98 valence electrons. The molecular weight excluding hydrogens is 244 g/mol. The summed E-state index contributed by atoms with van der Waals surface area (Å²) in [6.07, 6.45) is 5.89. The van der Waals surface area contributed by atoms with Gasteiger partial charge in [0.15, 0.2) is 0 Å². The van der Waals surface area contributed by atoms with Crippen LogP contribution in [0.5, 0.6) is 0 Å². The van der Waals surface area contributed by atoms with E-state index >= 15 is 0 Å². The first-order valence-corrected chi connectivity index (χ1v) is 6.71. The van der Waals surface area contributed by atoms with Gasteiger partial charge in [-0.2, -0.15) is 0 Å². The summed E-state index contributed by atoms with van der Waals surface area (Å²) in [6, 6.07) is 20.5. The highest BCUT2D eigenvalue weighted by Crippen LogP contribution is 2.12. The monoisotopic (exact) mass is 260 g/mol. The van der Waals surface area contributed by atoms with Crippen LogP contribution in [0.4, 0.5) is 0 Å². The highest BCUT2D eigenvalue weighted by atomic mass is 14.8. The van der Waals surface area contributed by atoms with E-state index in [4.69, 9.17) is 0 Å². The minimum atomic E-state index is 0.965. The third kappa shape index (κ3) is 2.86. The number of fused-ring (bicyclic) bond motifs is 2. The molecule has 0 unspecified atom stereocenters. The molecule has 0 saturated heterocycles. The molecule has 0 saturated carbocycles. The fourth-order valence-electron chi connectivity index (χ4n) is 2.19. The SMILES string of the molecule is C1=Cc2ccccc2CN1.c1ccc2ncccc2c1. The average molecular weight is 260 g/mol. The van der Waals surface area contributed by atoms with E-state index in [1.165, 1.54) is 16.5 Å². The molecule has 0 radical (unpaired) electrons. The van der Waals surface area contributed by atoms with Crippen LogP contribution in [0.3, 0.4) is 0 Å². The first kappa shape index (κ1) is 12.4. The fourth-order valence-corrected chi connectivity index (χ4v) is 2.19. The van der Waals surface area contributed by atoms with E-state index in [1.54, 1.807) is 0 Å². The Balaban J connectivity index is 0.000000121. The highest BCUT2D eigenvalue weighted by Gasteiger charge is 1.99. The largest absolute Gasteiger partial charge is 0.387 e. The molecule has 0 amide bonds. The van der Waals surface area contributed by atoms with Crippen molar-refractivity contribution in [3.63, 3.8) is 0 Å². The van der Waals surface area contributed by atoms with Crippen molar-refractivity contribution < 1.29 is 0 Å². The first-order chi connectivity index (χ1) is 9.93. The molecule has 2 aromatic carbocycles. The van der Waals surface area contributed by atoms with Crippen LogP contribution >= 0.6 is 0 Å². The first-order valence-electron chi connectivity index (χ1n) is 6.71. The quantitative estimate of drug-likeness (QED) is 0.661. The molecule has 1 N–H and O–H groups in total. The summed E-state index contributed by atoms with van der Waals surface area (Å²) in [5, 5.41) is 4.36. The maximum Gasteiger partial charge on any atom is 0.0701 e. The third-order valence-electron chi connectivity index (χ3n) is 3.24. The standard InChI is InChI=1S/C9H7N.C9H9N/c1-2-6-9-8(4-1)5-3-7-10-9;1-2-4-9-7-10-6-5-8(9)3-1/h1-7H;1-6,10H,7H2. The zero-order valence-corrected chi connectivity index (χ0v) is 11.2. The normalized spacial score (nSPS) is 12.0. The molecule has 20 heavy (non-hydrogen) atoms. The molecule has 0 aliphatic carbocycles. The summed E-state index contributed by atoms with van der Waals surface area (Å²) in [7, 11) is 0. The zero-order chi connectivity index (χ0) is 13.6. The number of aromatic nitrogens is 1. The lowest BCUT2D eigenvalue weighted by atomic mass is 10.1. The molecule has 4 rings (SSSR count). The molecule has 3 aromatic rings. The van der Waals surface area contributed by atoms with Crippen LogP contribution in [0.15, 0.2) is 73.1 Å². The molecule has 1 aliphatic rings. The van der Waals surface area contributed by atoms with E-state index in [9.17, 15) is 0 Å². The molecule has 1 aromatic heterocycles. The van der Waals surface area contributed by atoms with E-state index in [2.05, 4.69) is 52.8 Å². The van der Waals surface area contributed by atoms with Gasteiger partial charge in [-0.25, -0.2) is 0 Å². The van der Waals surface area contributed by atoms with Crippen molar-refractivity contribution in [1.29, 1.82) is 0 Å². The van der Waals surface area contributed by atoms with Gasteiger partial charge in [-0.1, -0.05) is 48.5 Å². The van der Waals surface area contributed by atoms with Gasteiger partial charge in [-0.15, -0.1) is 0 Å². The Bertz CT molecular complexity index is 667. The van der Waals surface area contributed by atoms with E-state index < -0.39 is 0 Å². The summed E-state index contributed by atoms with van der Waals surface area (Å²) < 4.78 is 0. The lowest BCUT2D eigenvalue weighted by Crippen LogP contribution is -2.09. The molecule has 2 heterocycles. The molecular formula is C18H16N2. The minimum Gasteiger partial charge on any atom is -0.387 e. The predicted octanol–water partition coefficient (Wildman–Crippen LogP) is 4.00. The van der Waals surface area contributed by atoms with Crippen LogP contribution in [0.25, 0.3) is 17.0 Å². The van der Waals surface area contributed by atoms with Gasteiger partial charge in [0.05, 0.1) is 5.52 Å². The van der Waals surface area contributed by atoms with Crippen molar-refractivity contribution in [2.45, 2.75) is 6.54 Å². The second kappa shape index (κ2) is 6.02. The molecule has 2 nitrogen and oxygen atoms in total. The van der Waals surface area contributed by atoms with Gasteiger partial charge < -0.3 is 5.32 Å². The van der Waals surface area contributed by atoms with Crippen LogP contribution in [0.1, 0.15) is 11.1 Å². The van der Waals surface area contributed by atoms with Gasteiger partial charge in [-0.3, -0.25) is 4.98 Å². The Hall–Kier alpha value is -2.61. The van der Waals surface area contributed by atoms with Crippen molar-refractivity contribution in [2.24, 2.45) is 0 Å². The van der Waals surface area contributed by atoms with Crippen molar-refractivity contribution in [2.75, 3.05) is 0 Å². The minimum absolute atomic E-state index is 0.965. The molecule has 2 heteroatoms. The number of benzene rings is 2. The number of hydrogen-bond acceptors (Lipinski definition) is 2. The molecule has 0 bridgehead atoms. The van der Waals surface area contributed by atoms with Gasteiger partial charge in [0, 0.05) is 18.1 Å². The maximum absolute atomic E-state index is 4.18. The number of nitrogens with zero attached hydrogens (tertiary/aromatic N) is 1. The Labute approximate surface area is 118 Å². The van der Waals surface area contributed by atoms with Crippen molar-refractivity contribution >= 4 is 17.0 Å². The van der Waals surface area contributed by atoms with Gasteiger partial charge in [0.25, 0.3) is 0 Å². The maximum atomic E-state index is 4.18. The van der Waals surface area contributed by atoms with Crippen LogP contribution < -0.4 is 5.32 Å². The molecule has 1 aliphatic heterocycles. The van der Waals surface area contributed by atoms with Gasteiger partial charge in [0.2, 0.25) is 0 Å². The van der Waals surface area contributed by atoms with Gasteiger partial charge in [0.1, 0.15) is 0 Å². The topological polar surface area (TPSA) is 24.9 Å².